The van der Waals surface area contributed by atoms with Crippen molar-refractivity contribution in [2.45, 2.75) is 31.3 Å². The largest absolute Gasteiger partial charge is 0.299 e. The van der Waals surface area contributed by atoms with Gasteiger partial charge >= 0.3 is 0 Å². The Bertz CT molecular complexity index is 153. The van der Waals surface area contributed by atoms with Gasteiger partial charge in [-0.3, -0.25) is 4.79 Å². The highest BCUT2D eigenvalue weighted by Gasteiger charge is 2.25. The number of hydrogen-bond acceptors (Lipinski definition) is 3. The van der Waals surface area contributed by atoms with Crippen LogP contribution in [0.3, 0.4) is 0 Å². The van der Waals surface area contributed by atoms with E-state index in [0.29, 0.717) is 16.8 Å². The van der Waals surface area contributed by atoms with E-state index in [1.807, 2.05) is 30.4 Å². The number of hydrogen-bond donors (Lipinski definition) is 0. The Labute approximate surface area is 83.1 Å². The summed E-state index contributed by atoms with van der Waals surface area (Å²) in [5.41, 5.74) is 0. The van der Waals surface area contributed by atoms with Crippen molar-refractivity contribution in [2.24, 2.45) is 5.92 Å². The zero-order chi connectivity index (χ0) is 8.97. The average Bonchev–Trinajstić information content (AvgIpc) is 2.17. The summed E-state index contributed by atoms with van der Waals surface area (Å²) in [6.07, 6.45) is 2.00. The van der Waals surface area contributed by atoms with Gasteiger partial charge in [-0.1, -0.05) is 13.8 Å². The third kappa shape index (κ3) is 2.70. The molecule has 1 heterocycles. The van der Waals surface area contributed by atoms with Crippen molar-refractivity contribution in [3.05, 3.63) is 0 Å². The van der Waals surface area contributed by atoms with Crippen LogP contribution in [0.2, 0.25) is 0 Å². The molecule has 1 fully saturated rings. The maximum absolute atomic E-state index is 11.4. The van der Waals surface area contributed by atoms with Crippen LogP contribution in [-0.4, -0.2) is 21.9 Å². The van der Waals surface area contributed by atoms with E-state index < -0.39 is 0 Å². The number of ketones is 1. The van der Waals surface area contributed by atoms with E-state index in [0.717, 1.165) is 0 Å². The van der Waals surface area contributed by atoms with Crippen molar-refractivity contribution in [1.82, 2.24) is 0 Å². The molecule has 1 rings (SSSR count). The van der Waals surface area contributed by atoms with Crippen molar-refractivity contribution in [1.29, 1.82) is 0 Å². The lowest BCUT2D eigenvalue weighted by atomic mass is 10.1. The second kappa shape index (κ2) is 5.18. The zero-order valence-electron chi connectivity index (χ0n) is 7.71. The Hall–Kier alpha value is 0.370. The highest BCUT2D eigenvalue weighted by molar-refractivity contribution is 8.17. The van der Waals surface area contributed by atoms with E-state index in [4.69, 9.17) is 0 Å². The lowest BCUT2D eigenvalue weighted by Crippen LogP contribution is -2.23. The molecule has 0 aromatic rings. The first kappa shape index (κ1) is 10.5. The van der Waals surface area contributed by atoms with Crippen molar-refractivity contribution >= 4 is 29.3 Å². The quantitative estimate of drug-likeness (QED) is 0.703. The van der Waals surface area contributed by atoms with Crippen molar-refractivity contribution < 1.29 is 4.79 Å². The molecule has 1 unspecified atom stereocenters. The Morgan fingerprint density at radius 3 is 2.58 bits per heavy atom. The fourth-order valence-electron chi connectivity index (χ4n) is 1.27. The highest BCUT2D eigenvalue weighted by Crippen LogP contribution is 2.36. The Morgan fingerprint density at radius 2 is 2.08 bits per heavy atom. The average molecular weight is 204 g/mol. The molecule has 0 saturated carbocycles. The van der Waals surface area contributed by atoms with Crippen LogP contribution in [0.1, 0.15) is 26.7 Å². The van der Waals surface area contributed by atoms with E-state index in [-0.39, 0.29) is 5.92 Å². The molecule has 1 saturated heterocycles. The molecular weight excluding hydrogens is 188 g/mol. The summed E-state index contributed by atoms with van der Waals surface area (Å²) in [4.78, 5) is 11.4. The van der Waals surface area contributed by atoms with Gasteiger partial charge in [-0.2, -0.15) is 0 Å². The summed E-state index contributed by atoms with van der Waals surface area (Å²) in [5, 5.41) is 0. The number of rotatable bonds is 3. The van der Waals surface area contributed by atoms with Gasteiger partial charge in [-0.25, -0.2) is 0 Å². The summed E-state index contributed by atoms with van der Waals surface area (Å²) < 4.78 is 0.534. The first-order valence-electron chi connectivity index (χ1n) is 4.51. The van der Waals surface area contributed by atoms with E-state index in [1.165, 1.54) is 17.9 Å². The maximum Gasteiger partial charge on any atom is 0.137 e. The lowest BCUT2D eigenvalue weighted by molar-refractivity contribution is -0.121. The molecule has 0 aromatic carbocycles. The number of carbonyl (C=O) groups is 1. The molecule has 12 heavy (non-hydrogen) atoms. The van der Waals surface area contributed by atoms with E-state index in [1.54, 1.807) is 0 Å². The number of carbonyl (C=O) groups excluding carboxylic acids is 1. The van der Waals surface area contributed by atoms with Crippen LogP contribution in [0.5, 0.6) is 0 Å². The van der Waals surface area contributed by atoms with Gasteiger partial charge < -0.3 is 0 Å². The molecule has 0 aliphatic carbocycles. The molecule has 0 radical (unpaired) electrons. The Balaban J connectivity index is 2.39. The Kier molecular flexibility index (Phi) is 4.51. The molecule has 1 atom stereocenters. The summed E-state index contributed by atoms with van der Waals surface area (Å²) in [6.45, 7) is 4.03. The maximum atomic E-state index is 11.4. The van der Waals surface area contributed by atoms with Crippen molar-refractivity contribution in [2.75, 3.05) is 11.5 Å². The standard InChI is InChI=1S/C9H16OS2/c1-3-8(10)7(2)9-11-5-4-6-12-9/h7,9H,3-6H2,1-2H3. The molecule has 0 amide bonds. The monoisotopic (exact) mass is 204 g/mol. The first-order chi connectivity index (χ1) is 5.75. The van der Waals surface area contributed by atoms with Crippen LogP contribution in [0.4, 0.5) is 0 Å². The number of thioether (sulfide) groups is 2. The molecule has 0 spiro atoms. The zero-order valence-corrected chi connectivity index (χ0v) is 9.34. The Morgan fingerprint density at radius 1 is 1.50 bits per heavy atom. The van der Waals surface area contributed by atoms with Gasteiger partial charge in [0.15, 0.2) is 0 Å². The predicted octanol–water partition coefficient (Wildman–Crippen LogP) is 2.80. The minimum atomic E-state index is 0.255. The molecular formula is C9H16OS2. The van der Waals surface area contributed by atoms with Gasteiger partial charge in [0.2, 0.25) is 0 Å². The van der Waals surface area contributed by atoms with Crippen LogP contribution >= 0.6 is 23.5 Å². The molecule has 70 valence electrons. The van der Waals surface area contributed by atoms with Crippen molar-refractivity contribution in [3.63, 3.8) is 0 Å². The number of Topliss-reactive ketones (excluding diaryl/α,β-unsaturated/α-hetero) is 1. The molecule has 1 aliphatic heterocycles. The summed E-state index contributed by atoms with van der Waals surface area (Å²) in [6, 6.07) is 0. The predicted molar refractivity (Wildman–Crippen MR) is 57.8 cm³/mol. The molecule has 3 heteroatoms. The molecule has 1 nitrogen and oxygen atoms in total. The molecule has 0 aromatic heterocycles. The molecule has 0 bridgehead atoms. The smallest absolute Gasteiger partial charge is 0.137 e. The second-order valence-corrected chi connectivity index (χ2v) is 5.87. The van der Waals surface area contributed by atoms with Crippen LogP contribution in [-0.2, 0) is 4.79 Å². The molecule has 1 aliphatic rings. The minimum absolute atomic E-state index is 0.255. The molecule has 0 N–H and O–H groups in total. The van der Waals surface area contributed by atoms with Gasteiger partial charge in [0.1, 0.15) is 5.78 Å². The summed E-state index contributed by atoms with van der Waals surface area (Å²) in [5.74, 6) is 3.14. The minimum Gasteiger partial charge on any atom is -0.299 e. The summed E-state index contributed by atoms with van der Waals surface area (Å²) in [7, 11) is 0. The van der Waals surface area contributed by atoms with Gasteiger partial charge in [0, 0.05) is 12.3 Å². The van der Waals surface area contributed by atoms with Gasteiger partial charge in [-0.15, -0.1) is 23.5 Å². The summed E-state index contributed by atoms with van der Waals surface area (Å²) >= 11 is 3.91. The third-order valence-corrected chi connectivity index (χ3v) is 5.46. The first-order valence-corrected chi connectivity index (χ1v) is 6.61. The fourth-order valence-corrected chi connectivity index (χ4v) is 4.38. The van der Waals surface area contributed by atoms with Crippen LogP contribution in [0.25, 0.3) is 0 Å². The lowest BCUT2D eigenvalue weighted by Gasteiger charge is -2.25. The highest BCUT2D eigenvalue weighted by atomic mass is 32.2. The van der Waals surface area contributed by atoms with E-state index in [2.05, 4.69) is 6.92 Å². The van der Waals surface area contributed by atoms with Crippen molar-refractivity contribution in [3.8, 4) is 0 Å². The fraction of sp³-hybridized carbons (Fsp3) is 0.889. The van der Waals surface area contributed by atoms with Gasteiger partial charge in [0.25, 0.3) is 0 Å². The third-order valence-electron chi connectivity index (χ3n) is 2.12. The second-order valence-electron chi connectivity index (χ2n) is 3.07. The topological polar surface area (TPSA) is 17.1 Å². The van der Waals surface area contributed by atoms with Gasteiger partial charge in [-0.05, 0) is 17.9 Å². The van der Waals surface area contributed by atoms with Crippen LogP contribution < -0.4 is 0 Å². The van der Waals surface area contributed by atoms with Crippen LogP contribution in [0.15, 0.2) is 0 Å². The normalized spacial score (nSPS) is 22.2. The SMILES string of the molecule is CCC(=O)C(C)C1SCCCS1. The van der Waals surface area contributed by atoms with E-state index >= 15 is 0 Å². The van der Waals surface area contributed by atoms with Crippen LogP contribution in [0, 0.1) is 5.92 Å². The van der Waals surface area contributed by atoms with Gasteiger partial charge in [0.05, 0.1) is 4.58 Å². The van der Waals surface area contributed by atoms with E-state index in [9.17, 15) is 4.79 Å².